The number of halogens is 1. The third-order valence-corrected chi connectivity index (χ3v) is 4.07. The summed E-state index contributed by atoms with van der Waals surface area (Å²) in [6, 6.07) is 9.00. The standard InChI is InChI=1S/C10H6ClNO2S2/c11-7-2-1-3-8(6-7)16-9-4-5-15-10(9)12(13)14/h1-6H. The van der Waals surface area contributed by atoms with Crippen LogP contribution in [0.2, 0.25) is 5.02 Å². The van der Waals surface area contributed by atoms with Gasteiger partial charge < -0.3 is 0 Å². The van der Waals surface area contributed by atoms with Crippen molar-refractivity contribution in [2.24, 2.45) is 0 Å². The van der Waals surface area contributed by atoms with Crippen LogP contribution in [0.15, 0.2) is 45.5 Å². The summed E-state index contributed by atoms with van der Waals surface area (Å²) in [6.45, 7) is 0. The Morgan fingerprint density at radius 2 is 2.19 bits per heavy atom. The van der Waals surface area contributed by atoms with Gasteiger partial charge in [0, 0.05) is 9.92 Å². The number of benzene rings is 1. The topological polar surface area (TPSA) is 43.1 Å². The molecule has 0 spiro atoms. The number of thiophene rings is 1. The third kappa shape index (κ3) is 2.55. The number of hydrogen-bond acceptors (Lipinski definition) is 4. The van der Waals surface area contributed by atoms with Gasteiger partial charge in [-0.15, -0.1) is 0 Å². The molecular formula is C10H6ClNO2S2. The Hall–Kier alpha value is -1.04. The van der Waals surface area contributed by atoms with E-state index in [-0.39, 0.29) is 9.92 Å². The van der Waals surface area contributed by atoms with Gasteiger partial charge in [-0.05, 0) is 29.6 Å². The Morgan fingerprint density at radius 3 is 2.88 bits per heavy atom. The molecule has 0 atom stereocenters. The van der Waals surface area contributed by atoms with Crippen LogP contribution in [0, 0.1) is 10.1 Å². The molecule has 6 heteroatoms. The van der Waals surface area contributed by atoms with Crippen LogP contribution in [0.4, 0.5) is 5.00 Å². The molecule has 0 aliphatic heterocycles. The molecular weight excluding hydrogens is 266 g/mol. The molecule has 16 heavy (non-hydrogen) atoms. The van der Waals surface area contributed by atoms with Gasteiger partial charge >= 0.3 is 5.00 Å². The fraction of sp³-hybridized carbons (Fsp3) is 0. The third-order valence-electron chi connectivity index (χ3n) is 1.80. The van der Waals surface area contributed by atoms with Gasteiger partial charge in [-0.2, -0.15) is 0 Å². The summed E-state index contributed by atoms with van der Waals surface area (Å²) < 4.78 is 0. The highest BCUT2D eigenvalue weighted by Crippen LogP contribution is 2.38. The highest BCUT2D eigenvalue weighted by Gasteiger charge is 2.16. The van der Waals surface area contributed by atoms with Gasteiger partial charge in [-0.25, -0.2) is 0 Å². The highest BCUT2D eigenvalue weighted by atomic mass is 35.5. The van der Waals surface area contributed by atoms with Crippen LogP contribution < -0.4 is 0 Å². The molecule has 0 bridgehead atoms. The predicted octanol–water partition coefficient (Wildman–Crippen LogP) is 4.46. The largest absolute Gasteiger partial charge is 0.337 e. The minimum absolute atomic E-state index is 0.171. The number of nitro groups is 1. The quantitative estimate of drug-likeness (QED) is 0.611. The summed E-state index contributed by atoms with van der Waals surface area (Å²) >= 11 is 8.32. The molecule has 82 valence electrons. The Labute approximate surface area is 105 Å². The summed E-state index contributed by atoms with van der Waals surface area (Å²) in [6.07, 6.45) is 0. The number of nitrogens with zero attached hydrogens (tertiary/aromatic N) is 1. The van der Waals surface area contributed by atoms with Crippen LogP contribution >= 0.6 is 34.7 Å². The van der Waals surface area contributed by atoms with Gasteiger partial charge in [0.1, 0.15) is 4.90 Å². The van der Waals surface area contributed by atoms with Gasteiger partial charge in [0.2, 0.25) is 0 Å². The molecule has 0 unspecified atom stereocenters. The second-order valence-electron chi connectivity index (χ2n) is 2.91. The zero-order chi connectivity index (χ0) is 11.5. The van der Waals surface area contributed by atoms with Crippen molar-refractivity contribution in [1.29, 1.82) is 0 Å². The molecule has 0 radical (unpaired) electrons. The highest BCUT2D eigenvalue weighted by molar-refractivity contribution is 7.99. The Kier molecular flexibility index (Phi) is 3.48. The van der Waals surface area contributed by atoms with Gasteiger partial charge in [0.25, 0.3) is 0 Å². The Bertz CT molecular complexity index is 527. The molecule has 0 saturated heterocycles. The maximum Gasteiger partial charge on any atom is 0.337 e. The van der Waals surface area contributed by atoms with E-state index < -0.39 is 0 Å². The Balaban J connectivity index is 2.27. The summed E-state index contributed by atoms with van der Waals surface area (Å²) in [7, 11) is 0. The zero-order valence-corrected chi connectivity index (χ0v) is 10.3. The SMILES string of the molecule is O=[N+]([O-])c1sccc1Sc1cccc(Cl)c1. The lowest BCUT2D eigenvalue weighted by molar-refractivity contribution is -0.382. The van der Waals surface area contributed by atoms with E-state index in [0.717, 1.165) is 16.2 Å². The molecule has 2 rings (SSSR count). The smallest absolute Gasteiger partial charge is 0.258 e. The van der Waals surface area contributed by atoms with Crippen molar-refractivity contribution in [1.82, 2.24) is 0 Å². The van der Waals surface area contributed by atoms with Crippen molar-refractivity contribution >= 4 is 39.7 Å². The van der Waals surface area contributed by atoms with Crippen molar-refractivity contribution in [2.75, 3.05) is 0 Å². The molecule has 1 heterocycles. The van der Waals surface area contributed by atoms with Crippen LogP contribution in [-0.4, -0.2) is 4.92 Å². The molecule has 1 aromatic heterocycles. The molecule has 0 N–H and O–H groups in total. The second-order valence-corrected chi connectivity index (χ2v) is 5.35. The first kappa shape index (κ1) is 11.4. The van der Waals surface area contributed by atoms with E-state index in [4.69, 9.17) is 11.6 Å². The lowest BCUT2D eigenvalue weighted by atomic mass is 10.4. The molecule has 0 fully saturated rings. The lowest BCUT2D eigenvalue weighted by Crippen LogP contribution is -1.84. The first-order valence-corrected chi connectivity index (χ1v) is 6.39. The maximum absolute atomic E-state index is 10.7. The summed E-state index contributed by atoms with van der Waals surface area (Å²) in [5.74, 6) is 0. The fourth-order valence-electron chi connectivity index (χ4n) is 1.16. The van der Waals surface area contributed by atoms with E-state index in [9.17, 15) is 10.1 Å². The van der Waals surface area contributed by atoms with Crippen molar-refractivity contribution in [3.05, 3.63) is 50.8 Å². The van der Waals surface area contributed by atoms with Gasteiger partial charge in [0.15, 0.2) is 0 Å². The van der Waals surface area contributed by atoms with Crippen molar-refractivity contribution < 1.29 is 4.92 Å². The average molecular weight is 272 g/mol. The van der Waals surface area contributed by atoms with E-state index in [0.29, 0.717) is 9.92 Å². The Morgan fingerprint density at radius 1 is 1.38 bits per heavy atom. The molecule has 0 aliphatic carbocycles. The summed E-state index contributed by atoms with van der Waals surface area (Å²) in [5, 5.41) is 13.2. The number of rotatable bonds is 3. The summed E-state index contributed by atoms with van der Waals surface area (Å²) in [4.78, 5) is 11.9. The van der Waals surface area contributed by atoms with Gasteiger partial charge in [-0.3, -0.25) is 10.1 Å². The van der Waals surface area contributed by atoms with Crippen LogP contribution in [0.3, 0.4) is 0 Å². The zero-order valence-electron chi connectivity index (χ0n) is 7.92. The lowest BCUT2D eigenvalue weighted by Gasteiger charge is -1.99. The summed E-state index contributed by atoms with van der Waals surface area (Å²) in [5.41, 5.74) is 0. The fourth-order valence-corrected chi connectivity index (χ4v) is 3.26. The molecule has 3 nitrogen and oxygen atoms in total. The van der Waals surface area contributed by atoms with E-state index in [1.54, 1.807) is 23.6 Å². The van der Waals surface area contributed by atoms with E-state index in [1.165, 1.54) is 11.8 Å². The minimum Gasteiger partial charge on any atom is -0.258 e. The van der Waals surface area contributed by atoms with Crippen molar-refractivity contribution in [2.45, 2.75) is 9.79 Å². The number of hydrogen-bond donors (Lipinski definition) is 0. The first-order chi connectivity index (χ1) is 7.66. The van der Waals surface area contributed by atoms with Gasteiger partial charge in [0.05, 0.1) is 4.92 Å². The van der Waals surface area contributed by atoms with Crippen LogP contribution in [0.1, 0.15) is 0 Å². The molecule has 1 aromatic carbocycles. The van der Waals surface area contributed by atoms with E-state index in [2.05, 4.69) is 0 Å². The molecule has 0 aliphatic rings. The molecule has 0 amide bonds. The second kappa shape index (κ2) is 4.86. The van der Waals surface area contributed by atoms with Crippen LogP contribution in [0.25, 0.3) is 0 Å². The molecule has 2 aromatic rings. The van der Waals surface area contributed by atoms with Crippen molar-refractivity contribution in [3.8, 4) is 0 Å². The predicted molar refractivity (Wildman–Crippen MR) is 66.5 cm³/mol. The van der Waals surface area contributed by atoms with E-state index in [1.807, 2.05) is 12.1 Å². The molecule has 0 saturated carbocycles. The maximum atomic E-state index is 10.7. The first-order valence-electron chi connectivity index (χ1n) is 4.32. The van der Waals surface area contributed by atoms with Crippen LogP contribution in [0.5, 0.6) is 0 Å². The van der Waals surface area contributed by atoms with Crippen LogP contribution in [-0.2, 0) is 0 Å². The van der Waals surface area contributed by atoms with Gasteiger partial charge in [-0.1, -0.05) is 40.8 Å². The monoisotopic (exact) mass is 271 g/mol. The minimum atomic E-state index is -0.364. The van der Waals surface area contributed by atoms with Crippen molar-refractivity contribution in [3.63, 3.8) is 0 Å². The van der Waals surface area contributed by atoms with E-state index >= 15 is 0 Å². The average Bonchev–Trinajstić information content (AvgIpc) is 2.66. The normalized spacial score (nSPS) is 10.3.